The summed E-state index contributed by atoms with van der Waals surface area (Å²) in [5, 5.41) is 11.7. The van der Waals surface area contributed by atoms with Crippen LogP contribution >= 0.6 is 0 Å². The van der Waals surface area contributed by atoms with Gasteiger partial charge in [-0.15, -0.1) is 0 Å². The number of unbranched alkanes of at least 4 members (excludes halogenated alkanes) is 1. The molecule has 0 aliphatic rings. The molecule has 1 aromatic rings. The summed E-state index contributed by atoms with van der Waals surface area (Å²) in [5.74, 6) is -2.03. The summed E-state index contributed by atoms with van der Waals surface area (Å²) in [6.45, 7) is 5.11. The van der Waals surface area contributed by atoms with Crippen molar-refractivity contribution in [2.45, 2.75) is 51.5 Å². The van der Waals surface area contributed by atoms with E-state index in [0.717, 1.165) is 6.42 Å². The van der Waals surface area contributed by atoms with Gasteiger partial charge in [-0.1, -0.05) is 38.0 Å². The summed E-state index contributed by atoms with van der Waals surface area (Å²) in [6.07, 6.45) is 1.92. The van der Waals surface area contributed by atoms with Crippen molar-refractivity contribution < 1.29 is 19.1 Å². The van der Waals surface area contributed by atoms with Crippen LogP contribution in [0.4, 0.5) is 4.39 Å². The van der Waals surface area contributed by atoms with Crippen molar-refractivity contribution in [2.75, 3.05) is 0 Å². The molecule has 0 aliphatic heterocycles. The van der Waals surface area contributed by atoms with Gasteiger partial charge in [0.1, 0.15) is 11.9 Å². The number of carbonyl (C=O) groups excluding carboxylic acids is 1. The number of halogens is 1. The maximum absolute atomic E-state index is 13.8. The zero-order chi connectivity index (χ0) is 16.0. The van der Waals surface area contributed by atoms with Crippen LogP contribution in [0.2, 0.25) is 0 Å². The number of hydrogen-bond acceptors (Lipinski definition) is 2. The number of aliphatic carboxylic acids is 1. The van der Waals surface area contributed by atoms with E-state index in [0.29, 0.717) is 12.8 Å². The van der Waals surface area contributed by atoms with Gasteiger partial charge in [0.05, 0.1) is 5.41 Å². The van der Waals surface area contributed by atoms with Gasteiger partial charge in [-0.25, -0.2) is 9.18 Å². The molecule has 116 valence electrons. The first-order chi connectivity index (χ1) is 9.80. The third-order valence-corrected chi connectivity index (χ3v) is 3.56. The molecule has 1 amide bonds. The molecule has 0 radical (unpaired) electrons. The standard InChI is InChI=1S/C16H22FNO3/c1-4-5-10-13(14(19)20)18-15(21)16(2,3)11-8-6-7-9-12(11)17/h6-9,13H,4-5,10H2,1-3H3,(H,18,21)(H,19,20)/t13-/m0/s1. The van der Waals surface area contributed by atoms with Gasteiger partial charge in [0.25, 0.3) is 0 Å². The second-order valence-electron chi connectivity index (χ2n) is 5.61. The first-order valence-corrected chi connectivity index (χ1v) is 7.09. The van der Waals surface area contributed by atoms with E-state index < -0.39 is 29.2 Å². The average molecular weight is 295 g/mol. The monoisotopic (exact) mass is 295 g/mol. The molecule has 0 spiro atoms. The number of carbonyl (C=O) groups is 2. The topological polar surface area (TPSA) is 66.4 Å². The maximum Gasteiger partial charge on any atom is 0.326 e. The third kappa shape index (κ3) is 4.28. The van der Waals surface area contributed by atoms with Crippen LogP contribution < -0.4 is 5.32 Å². The number of rotatable bonds is 7. The molecule has 0 saturated carbocycles. The fourth-order valence-corrected chi connectivity index (χ4v) is 2.09. The summed E-state index contributed by atoms with van der Waals surface area (Å²) in [4.78, 5) is 23.5. The van der Waals surface area contributed by atoms with E-state index in [-0.39, 0.29) is 5.56 Å². The Hall–Kier alpha value is -1.91. The summed E-state index contributed by atoms with van der Waals surface area (Å²) < 4.78 is 13.8. The first-order valence-electron chi connectivity index (χ1n) is 7.09. The number of nitrogens with one attached hydrogen (secondary N) is 1. The van der Waals surface area contributed by atoms with Gasteiger partial charge < -0.3 is 10.4 Å². The number of carboxylic acid groups (broad SMARTS) is 1. The number of hydrogen-bond donors (Lipinski definition) is 2. The third-order valence-electron chi connectivity index (χ3n) is 3.56. The van der Waals surface area contributed by atoms with Gasteiger partial charge in [-0.05, 0) is 26.3 Å². The Morgan fingerprint density at radius 3 is 2.48 bits per heavy atom. The molecule has 0 saturated heterocycles. The molecular formula is C16H22FNO3. The second-order valence-corrected chi connectivity index (χ2v) is 5.61. The molecule has 5 heteroatoms. The number of carboxylic acids is 1. The van der Waals surface area contributed by atoms with Crippen molar-refractivity contribution in [3.05, 3.63) is 35.6 Å². The maximum atomic E-state index is 13.8. The van der Waals surface area contributed by atoms with Crippen LogP contribution in [0.25, 0.3) is 0 Å². The predicted molar refractivity (Wildman–Crippen MR) is 78.5 cm³/mol. The lowest BCUT2D eigenvalue weighted by molar-refractivity contribution is -0.142. The highest BCUT2D eigenvalue weighted by molar-refractivity contribution is 5.90. The van der Waals surface area contributed by atoms with E-state index >= 15 is 0 Å². The molecule has 1 atom stereocenters. The highest BCUT2D eigenvalue weighted by atomic mass is 19.1. The number of amides is 1. The molecule has 0 heterocycles. The molecule has 4 nitrogen and oxygen atoms in total. The van der Waals surface area contributed by atoms with E-state index in [9.17, 15) is 14.0 Å². The van der Waals surface area contributed by atoms with Crippen LogP contribution in [0.5, 0.6) is 0 Å². The summed E-state index contributed by atoms with van der Waals surface area (Å²) in [6, 6.07) is 5.09. The van der Waals surface area contributed by atoms with Crippen LogP contribution in [0.1, 0.15) is 45.6 Å². The van der Waals surface area contributed by atoms with Gasteiger partial charge >= 0.3 is 5.97 Å². The Kier molecular flexibility index (Phi) is 5.88. The minimum absolute atomic E-state index is 0.252. The molecule has 21 heavy (non-hydrogen) atoms. The van der Waals surface area contributed by atoms with Crippen LogP contribution in [0, 0.1) is 5.82 Å². The Labute approximate surface area is 124 Å². The Balaban J connectivity index is 2.90. The second kappa shape index (κ2) is 7.20. The average Bonchev–Trinajstić information content (AvgIpc) is 2.43. The van der Waals surface area contributed by atoms with Crippen LogP contribution in [0.3, 0.4) is 0 Å². The predicted octanol–water partition coefficient (Wildman–Crippen LogP) is 2.86. The number of benzene rings is 1. The summed E-state index contributed by atoms with van der Waals surface area (Å²) in [5.41, 5.74) is -0.882. The molecular weight excluding hydrogens is 273 g/mol. The van der Waals surface area contributed by atoms with Crippen molar-refractivity contribution in [3.63, 3.8) is 0 Å². The van der Waals surface area contributed by atoms with Crippen molar-refractivity contribution in [1.29, 1.82) is 0 Å². The molecule has 1 aromatic carbocycles. The van der Waals surface area contributed by atoms with Gasteiger partial charge in [0.15, 0.2) is 0 Å². The van der Waals surface area contributed by atoms with Gasteiger partial charge in [0.2, 0.25) is 5.91 Å². The molecule has 0 fully saturated rings. The van der Waals surface area contributed by atoms with E-state index in [2.05, 4.69) is 5.32 Å². The van der Waals surface area contributed by atoms with Crippen LogP contribution in [0.15, 0.2) is 24.3 Å². The van der Waals surface area contributed by atoms with E-state index in [1.165, 1.54) is 12.1 Å². The lowest BCUT2D eigenvalue weighted by atomic mass is 9.83. The zero-order valence-corrected chi connectivity index (χ0v) is 12.6. The first kappa shape index (κ1) is 17.1. The normalized spacial score (nSPS) is 12.8. The van der Waals surface area contributed by atoms with E-state index in [1.807, 2.05) is 6.92 Å². The fraction of sp³-hybridized carbons (Fsp3) is 0.500. The van der Waals surface area contributed by atoms with Crippen molar-refractivity contribution >= 4 is 11.9 Å². The molecule has 0 aliphatic carbocycles. The molecule has 1 rings (SSSR count). The summed E-state index contributed by atoms with van der Waals surface area (Å²) in [7, 11) is 0. The largest absolute Gasteiger partial charge is 0.480 e. The Morgan fingerprint density at radius 2 is 1.95 bits per heavy atom. The highest BCUT2D eigenvalue weighted by Crippen LogP contribution is 2.26. The zero-order valence-electron chi connectivity index (χ0n) is 12.6. The van der Waals surface area contributed by atoms with Crippen molar-refractivity contribution in [3.8, 4) is 0 Å². The SMILES string of the molecule is CCCC[C@H](NC(=O)C(C)(C)c1ccccc1F)C(=O)O. The lowest BCUT2D eigenvalue weighted by Crippen LogP contribution is -2.48. The van der Waals surface area contributed by atoms with E-state index in [1.54, 1.807) is 26.0 Å². The summed E-state index contributed by atoms with van der Waals surface area (Å²) >= 11 is 0. The highest BCUT2D eigenvalue weighted by Gasteiger charge is 2.34. The van der Waals surface area contributed by atoms with Crippen molar-refractivity contribution in [1.82, 2.24) is 5.32 Å². The Bertz CT molecular complexity index is 514. The minimum atomic E-state index is -1.13. The van der Waals surface area contributed by atoms with Gasteiger partial charge in [0, 0.05) is 5.56 Å². The minimum Gasteiger partial charge on any atom is -0.480 e. The molecule has 2 N–H and O–H groups in total. The van der Waals surface area contributed by atoms with Crippen molar-refractivity contribution in [2.24, 2.45) is 0 Å². The van der Waals surface area contributed by atoms with Crippen LogP contribution in [-0.2, 0) is 15.0 Å². The molecule has 0 bridgehead atoms. The molecule has 0 aromatic heterocycles. The lowest BCUT2D eigenvalue weighted by Gasteiger charge is -2.26. The molecule has 0 unspecified atom stereocenters. The van der Waals surface area contributed by atoms with Gasteiger partial charge in [-0.3, -0.25) is 4.79 Å². The Morgan fingerprint density at radius 1 is 1.33 bits per heavy atom. The smallest absolute Gasteiger partial charge is 0.326 e. The quantitative estimate of drug-likeness (QED) is 0.813. The van der Waals surface area contributed by atoms with Gasteiger partial charge in [-0.2, -0.15) is 0 Å². The van der Waals surface area contributed by atoms with E-state index in [4.69, 9.17) is 5.11 Å². The fourth-order valence-electron chi connectivity index (χ4n) is 2.09. The van der Waals surface area contributed by atoms with Crippen LogP contribution in [-0.4, -0.2) is 23.0 Å².